The predicted octanol–water partition coefficient (Wildman–Crippen LogP) is 2.22. The minimum atomic E-state index is 0.0532. The van der Waals surface area contributed by atoms with E-state index in [2.05, 4.69) is 0 Å². The van der Waals surface area contributed by atoms with Gasteiger partial charge in [0.25, 0.3) is 0 Å². The van der Waals surface area contributed by atoms with Gasteiger partial charge in [0, 0.05) is 6.42 Å². The zero-order chi connectivity index (χ0) is 8.97. The number of ether oxygens (including phenoxy) is 1. The quantitative estimate of drug-likeness (QED) is 0.601. The van der Waals surface area contributed by atoms with E-state index in [0.717, 1.165) is 18.4 Å². The largest absolute Gasteiger partial charge is 0.489 e. The molecule has 0 saturated carbocycles. The van der Waals surface area contributed by atoms with E-state index < -0.39 is 0 Å². The van der Waals surface area contributed by atoms with Crippen LogP contribution < -0.4 is 0 Å². The summed E-state index contributed by atoms with van der Waals surface area (Å²) in [6.07, 6.45) is 5.35. The molecule has 1 heterocycles. The molecule has 0 radical (unpaired) electrons. The molecule has 0 aromatic rings. The van der Waals surface area contributed by atoms with E-state index in [1.807, 2.05) is 26.0 Å². The van der Waals surface area contributed by atoms with E-state index in [1.165, 1.54) is 0 Å². The lowest BCUT2D eigenvalue weighted by Crippen LogP contribution is -2.05. The summed E-state index contributed by atoms with van der Waals surface area (Å²) in [5.41, 5.74) is 0.836. The van der Waals surface area contributed by atoms with Gasteiger partial charge < -0.3 is 4.74 Å². The highest BCUT2D eigenvalue weighted by Crippen LogP contribution is 2.16. The van der Waals surface area contributed by atoms with Gasteiger partial charge in [-0.05, 0) is 25.0 Å². The number of carbonyl (C=O) groups excluding carboxylic acids is 1. The average molecular weight is 166 g/mol. The molecule has 66 valence electrons. The van der Waals surface area contributed by atoms with Crippen LogP contribution in [0.25, 0.3) is 0 Å². The van der Waals surface area contributed by atoms with Crippen LogP contribution in [-0.4, -0.2) is 12.4 Å². The molecule has 0 saturated heterocycles. The van der Waals surface area contributed by atoms with Crippen molar-refractivity contribution in [3.63, 3.8) is 0 Å². The zero-order valence-corrected chi connectivity index (χ0v) is 7.59. The van der Waals surface area contributed by atoms with Crippen LogP contribution in [0.4, 0.5) is 0 Å². The summed E-state index contributed by atoms with van der Waals surface area (Å²) in [7, 11) is 0. The highest BCUT2D eigenvalue weighted by Gasteiger charge is 2.16. The van der Waals surface area contributed by atoms with Gasteiger partial charge in [0.1, 0.15) is 0 Å². The minimum Gasteiger partial charge on any atom is -0.489 e. The van der Waals surface area contributed by atoms with Crippen LogP contribution in [-0.2, 0) is 9.53 Å². The lowest BCUT2D eigenvalue weighted by atomic mass is 10.1. The van der Waals surface area contributed by atoms with E-state index in [1.54, 1.807) is 0 Å². The van der Waals surface area contributed by atoms with Crippen molar-refractivity contribution in [2.45, 2.75) is 26.7 Å². The van der Waals surface area contributed by atoms with E-state index in [9.17, 15) is 4.79 Å². The Kier molecular flexibility index (Phi) is 3.09. The van der Waals surface area contributed by atoms with Gasteiger partial charge >= 0.3 is 0 Å². The van der Waals surface area contributed by atoms with Gasteiger partial charge in [0.15, 0.2) is 5.76 Å². The maximum atomic E-state index is 11.5. The van der Waals surface area contributed by atoms with E-state index >= 15 is 0 Å². The molecule has 0 bridgehead atoms. The van der Waals surface area contributed by atoms with Crippen LogP contribution in [0.2, 0.25) is 0 Å². The summed E-state index contributed by atoms with van der Waals surface area (Å²) in [6, 6.07) is 0. The first-order valence-electron chi connectivity index (χ1n) is 4.32. The second kappa shape index (κ2) is 4.10. The van der Waals surface area contributed by atoms with Crippen molar-refractivity contribution in [1.29, 1.82) is 0 Å². The molecule has 1 aliphatic rings. The number of Topliss-reactive ketones (excluding diaryl/α,β-unsaturated/α-hetero) is 1. The highest BCUT2D eigenvalue weighted by atomic mass is 16.5. The maximum Gasteiger partial charge on any atom is 0.222 e. The second-order valence-electron chi connectivity index (χ2n) is 2.70. The number of allylic oxidation sites excluding steroid dienone is 2. The first kappa shape index (κ1) is 9.04. The van der Waals surface area contributed by atoms with Crippen LogP contribution in [0, 0.1) is 0 Å². The normalized spacial score (nSPS) is 17.2. The van der Waals surface area contributed by atoms with Gasteiger partial charge in [-0.1, -0.05) is 13.0 Å². The molecule has 2 heteroatoms. The van der Waals surface area contributed by atoms with Gasteiger partial charge in [0.2, 0.25) is 5.78 Å². The Morgan fingerprint density at radius 3 is 2.92 bits per heavy atom. The summed E-state index contributed by atoms with van der Waals surface area (Å²) in [5, 5.41) is 0. The fraction of sp³-hybridized carbons (Fsp3) is 0.500. The van der Waals surface area contributed by atoms with Crippen LogP contribution in [0.3, 0.4) is 0 Å². The molecule has 0 fully saturated rings. The Labute approximate surface area is 72.9 Å². The minimum absolute atomic E-state index is 0.0532. The molecule has 1 rings (SSSR count). The molecule has 12 heavy (non-hydrogen) atoms. The number of rotatable bonds is 3. The SMILES string of the molecule is C/C=C(\CC)C(=O)C1=CCCO1. The number of hydrogen-bond acceptors (Lipinski definition) is 2. The summed E-state index contributed by atoms with van der Waals surface area (Å²) < 4.78 is 5.17. The molecule has 0 atom stereocenters. The fourth-order valence-corrected chi connectivity index (χ4v) is 1.23. The third-order valence-electron chi connectivity index (χ3n) is 1.95. The van der Waals surface area contributed by atoms with Crippen molar-refractivity contribution < 1.29 is 9.53 Å². The summed E-state index contributed by atoms with van der Waals surface area (Å²) in [5.74, 6) is 0.586. The van der Waals surface area contributed by atoms with Crippen LogP contribution >= 0.6 is 0 Å². The van der Waals surface area contributed by atoms with Crippen LogP contribution in [0.15, 0.2) is 23.5 Å². The van der Waals surface area contributed by atoms with Gasteiger partial charge in [0.05, 0.1) is 6.61 Å². The lowest BCUT2D eigenvalue weighted by Gasteiger charge is -2.03. The summed E-state index contributed by atoms with van der Waals surface area (Å²) in [4.78, 5) is 11.5. The standard InChI is InChI=1S/C10H14O2/c1-3-8(4-2)10(11)9-6-5-7-12-9/h3,6H,4-5,7H2,1-2H3/b8-3+. The molecule has 0 spiro atoms. The third kappa shape index (κ3) is 1.76. The molecule has 0 unspecified atom stereocenters. The maximum absolute atomic E-state index is 11.5. The predicted molar refractivity (Wildman–Crippen MR) is 47.7 cm³/mol. The second-order valence-corrected chi connectivity index (χ2v) is 2.70. The Bertz CT molecular complexity index is 232. The van der Waals surface area contributed by atoms with Crippen LogP contribution in [0.1, 0.15) is 26.7 Å². The first-order chi connectivity index (χ1) is 5.79. The van der Waals surface area contributed by atoms with E-state index in [4.69, 9.17) is 4.74 Å². The number of hydrogen-bond donors (Lipinski definition) is 0. The van der Waals surface area contributed by atoms with Crippen molar-refractivity contribution in [3.8, 4) is 0 Å². The van der Waals surface area contributed by atoms with Gasteiger partial charge in [-0.15, -0.1) is 0 Å². The molecule has 0 N–H and O–H groups in total. The topological polar surface area (TPSA) is 26.3 Å². The molecule has 0 amide bonds. The van der Waals surface area contributed by atoms with Gasteiger partial charge in [-0.3, -0.25) is 4.79 Å². The van der Waals surface area contributed by atoms with Crippen LogP contribution in [0.5, 0.6) is 0 Å². The highest BCUT2D eigenvalue weighted by molar-refractivity contribution is 6.06. The summed E-state index contributed by atoms with van der Waals surface area (Å²) >= 11 is 0. The molecule has 2 nitrogen and oxygen atoms in total. The molecule has 0 aromatic heterocycles. The van der Waals surface area contributed by atoms with Crippen molar-refractivity contribution in [1.82, 2.24) is 0 Å². The van der Waals surface area contributed by atoms with Gasteiger partial charge in [-0.2, -0.15) is 0 Å². The molecular weight excluding hydrogens is 152 g/mol. The molecular formula is C10H14O2. The first-order valence-corrected chi connectivity index (χ1v) is 4.32. The smallest absolute Gasteiger partial charge is 0.222 e. The Balaban J connectivity index is 2.69. The Morgan fingerprint density at radius 1 is 1.75 bits per heavy atom. The third-order valence-corrected chi connectivity index (χ3v) is 1.95. The van der Waals surface area contributed by atoms with E-state index in [-0.39, 0.29) is 5.78 Å². The van der Waals surface area contributed by atoms with Gasteiger partial charge in [-0.25, -0.2) is 0 Å². The Morgan fingerprint density at radius 2 is 2.50 bits per heavy atom. The monoisotopic (exact) mass is 166 g/mol. The average Bonchev–Trinajstić information content (AvgIpc) is 2.58. The Hall–Kier alpha value is -1.05. The van der Waals surface area contributed by atoms with Crippen molar-refractivity contribution >= 4 is 5.78 Å². The molecule has 0 aliphatic carbocycles. The van der Waals surface area contributed by atoms with Crippen molar-refractivity contribution in [3.05, 3.63) is 23.5 Å². The summed E-state index contributed by atoms with van der Waals surface area (Å²) in [6.45, 7) is 4.51. The molecule has 0 aromatic carbocycles. The fourth-order valence-electron chi connectivity index (χ4n) is 1.23. The van der Waals surface area contributed by atoms with Crippen molar-refractivity contribution in [2.24, 2.45) is 0 Å². The zero-order valence-electron chi connectivity index (χ0n) is 7.59. The number of ketones is 1. The van der Waals surface area contributed by atoms with Crippen molar-refractivity contribution in [2.75, 3.05) is 6.61 Å². The molecule has 1 aliphatic heterocycles. The number of carbonyl (C=O) groups is 1. The van der Waals surface area contributed by atoms with E-state index in [0.29, 0.717) is 12.4 Å². The lowest BCUT2D eigenvalue weighted by molar-refractivity contribution is -0.115.